The van der Waals surface area contributed by atoms with Crippen LogP contribution in [0.25, 0.3) is 32.2 Å². The number of fused-ring (bicyclic) bond motifs is 2. The number of aryl methyl sites for hydroxylation is 2. The number of carbonyl (C=O) groups is 1. The Morgan fingerprint density at radius 1 is 1.24 bits per heavy atom. The van der Waals surface area contributed by atoms with Gasteiger partial charge in [-0.05, 0) is 51.0 Å². The zero-order valence-electron chi connectivity index (χ0n) is 22.0. The lowest BCUT2D eigenvalue weighted by molar-refractivity contribution is 0.0699. The van der Waals surface area contributed by atoms with Crippen LogP contribution < -0.4 is 15.0 Å². The van der Waals surface area contributed by atoms with Gasteiger partial charge < -0.3 is 14.6 Å². The van der Waals surface area contributed by atoms with E-state index in [2.05, 4.69) is 21.0 Å². The molecule has 0 radical (unpaired) electrons. The van der Waals surface area contributed by atoms with E-state index in [9.17, 15) is 20.0 Å². The molecule has 0 bridgehead atoms. The first-order valence-electron chi connectivity index (χ1n) is 12.8. The predicted octanol–water partition coefficient (Wildman–Crippen LogP) is 5.53. The summed E-state index contributed by atoms with van der Waals surface area (Å²) in [6.45, 7) is 3.78. The highest BCUT2D eigenvalue weighted by atomic mass is 35.5. The molecule has 0 saturated heterocycles. The molecule has 206 valence electrons. The number of pyridine rings is 2. The molecule has 12 heteroatoms. The minimum atomic E-state index is -1.05. The molecule has 1 fully saturated rings. The fraction of sp³-hybridized carbons (Fsp3) is 0.241. The normalized spacial score (nSPS) is 12.9. The van der Waals surface area contributed by atoms with E-state index in [0.29, 0.717) is 43.6 Å². The maximum atomic E-state index is 13.6. The second kappa shape index (κ2) is 10.5. The predicted molar refractivity (Wildman–Crippen MR) is 154 cm³/mol. The number of nitrogens with zero attached hydrogens (tertiary/aromatic N) is 5. The monoisotopic (exact) mass is 587 g/mol. The molecule has 0 amide bonds. The minimum Gasteiger partial charge on any atom is -0.491 e. The molecule has 6 rings (SSSR count). The summed E-state index contributed by atoms with van der Waals surface area (Å²) >= 11 is 7.65. The van der Waals surface area contributed by atoms with Crippen LogP contribution in [0.5, 0.6) is 11.6 Å². The first-order valence-corrected chi connectivity index (χ1v) is 14.0. The molecule has 1 saturated carbocycles. The van der Waals surface area contributed by atoms with Crippen molar-refractivity contribution in [2.75, 3.05) is 6.61 Å². The molecule has 10 nitrogen and oxygen atoms in total. The van der Waals surface area contributed by atoms with Crippen molar-refractivity contribution >= 4 is 50.0 Å². The lowest BCUT2D eigenvalue weighted by Gasteiger charge is -2.16. The SMILES string of the molecule is Cc1cc(-c2cc(Cl)ccc2OCCn2c(C)nc3cnc(OC4CC4)c(C#N)c3c2=O)c2scc(C(=O)O)c2n1. The van der Waals surface area contributed by atoms with E-state index in [1.165, 1.54) is 22.1 Å². The van der Waals surface area contributed by atoms with Gasteiger partial charge in [0.2, 0.25) is 5.88 Å². The number of aromatic nitrogens is 4. The number of ether oxygens (including phenoxy) is 2. The van der Waals surface area contributed by atoms with E-state index in [4.69, 9.17) is 21.1 Å². The highest BCUT2D eigenvalue weighted by Gasteiger charge is 2.27. The summed E-state index contributed by atoms with van der Waals surface area (Å²) < 4.78 is 14.1. The van der Waals surface area contributed by atoms with Crippen LogP contribution in [0, 0.1) is 25.2 Å². The fourth-order valence-electron chi connectivity index (χ4n) is 4.68. The van der Waals surface area contributed by atoms with Crippen molar-refractivity contribution in [2.45, 2.75) is 39.3 Å². The molecule has 0 spiro atoms. The Labute approximate surface area is 242 Å². The topological polar surface area (TPSA) is 140 Å². The summed E-state index contributed by atoms with van der Waals surface area (Å²) in [6.07, 6.45) is 3.26. The van der Waals surface area contributed by atoms with E-state index in [1.54, 1.807) is 37.4 Å². The smallest absolute Gasteiger partial charge is 0.338 e. The van der Waals surface area contributed by atoms with Crippen LogP contribution in [0.3, 0.4) is 0 Å². The summed E-state index contributed by atoms with van der Waals surface area (Å²) in [5.74, 6) is 0.0648. The first kappa shape index (κ1) is 26.7. The van der Waals surface area contributed by atoms with Crippen LogP contribution in [-0.4, -0.2) is 43.3 Å². The Morgan fingerprint density at radius 2 is 2.05 bits per heavy atom. The number of nitriles is 1. The number of thiophene rings is 1. The van der Waals surface area contributed by atoms with Crippen LogP contribution in [0.2, 0.25) is 5.02 Å². The quantitative estimate of drug-likeness (QED) is 0.248. The lowest BCUT2D eigenvalue weighted by atomic mass is 10.0. The summed E-state index contributed by atoms with van der Waals surface area (Å²) in [7, 11) is 0. The van der Waals surface area contributed by atoms with Gasteiger partial charge in [0.25, 0.3) is 5.56 Å². The van der Waals surface area contributed by atoms with E-state index in [0.717, 1.165) is 18.4 Å². The van der Waals surface area contributed by atoms with Crippen molar-refractivity contribution < 1.29 is 19.4 Å². The van der Waals surface area contributed by atoms with Gasteiger partial charge in [0, 0.05) is 27.2 Å². The summed E-state index contributed by atoms with van der Waals surface area (Å²) in [5, 5.41) is 21.7. The molecule has 41 heavy (non-hydrogen) atoms. The fourth-order valence-corrected chi connectivity index (χ4v) is 5.86. The van der Waals surface area contributed by atoms with Crippen LogP contribution >= 0.6 is 22.9 Å². The molecule has 1 aliphatic carbocycles. The van der Waals surface area contributed by atoms with Gasteiger partial charge in [-0.2, -0.15) is 5.26 Å². The number of hydrogen-bond donors (Lipinski definition) is 1. The van der Waals surface area contributed by atoms with Gasteiger partial charge in [-0.1, -0.05) is 11.6 Å². The number of hydrogen-bond acceptors (Lipinski definition) is 9. The van der Waals surface area contributed by atoms with Crippen molar-refractivity contribution in [3.05, 3.63) is 73.9 Å². The van der Waals surface area contributed by atoms with Crippen molar-refractivity contribution in [1.29, 1.82) is 5.26 Å². The van der Waals surface area contributed by atoms with Gasteiger partial charge in [-0.3, -0.25) is 14.3 Å². The summed E-state index contributed by atoms with van der Waals surface area (Å²) in [6, 6.07) is 9.13. The molecule has 4 aromatic heterocycles. The third-order valence-electron chi connectivity index (χ3n) is 6.76. The second-order valence-electron chi connectivity index (χ2n) is 9.68. The molecule has 0 aliphatic heterocycles. The lowest BCUT2D eigenvalue weighted by Crippen LogP contribution is -2.27. The zero-order valence-corrected chi connectivity index (χ0v) is 23.5. The number of rotatable bonds is 8. The number of aromatic carboxylic acids is 1. The first-order chi connectivity index (χ1) is 19.7. The van der Waals surface area contributed by atoms with Crippen molar-refractivity contribution in [3.8, 4) is 28.8 Å². The molecule has 1 aliphatic rings. The molecule has 1 aromatic carbocycles. The maximum Gasteiger partial charge on any atom is 0.338 e. The van der Waals surface area contributed by atoms with Crippen LogP contribution in [0.4, 0.5) is 0 Å². The third kappa shape index (κ3) is 4.96. The maximum absolute atomic E-state index is 13.6. The molecule has 5 aromatic rings. The van der Waals surface area contributed by atoms with E-state index in [1.807, 2.05) is 6.07 Å². The molecule has 4 heterocycles. The Hall–Kier alpha value is -4.53. The summed E-state index contributed by atoms with van der Waals surface area (Å²) in [5.41, 5.74) is 2.64. The number of halogens is 1. The van der Waals surface area contributed by atoms with Gasteiger partial charge in [0.15, 0.2) is 0 Å². The average molecular weight is 588 g/mol. The minimum absolute atomic E-state index is 0.0185. The molecule has 0 atom stereocenters. The van der Waals surface area contributed by atoms with E-state index in [-0.39, 0.29) is 47.2 Å². The second-order valence-corrected chi connectivity index (χ2v) is 11.0. The molecule has 0 unspecified atom stereocenters. The van der Waals surface area contributed by atoms with Crippen molar-refractivity contribution in [2.24, 2.45) is 0 Å². The van der Waals surface area contributed by atoms with Crippen LogP contribution in [0.1, 0.15) is 40.3 Å². The molecule has 1 N–H and O–H groups in total. The van der Waals surface area contributed by atoms with E-state index < -0.39 is 5.97 Å². The highest BCUT2D eigenvalue weighted by molar-refractivity contribution is 7.18. The average Bonchev–Trinajstić information content (AvgIpc) is 3.65. The summed E-state index contributed by atoms with van der Waals surface area (Å²) in [4.78, 5) is 38.5. The number of benzene rings is 1. The zero-order chi connectivity index (χ0) is 28.8. The highest BCUT2D eigenvalue weighted by Crippen LogP contribution is 2.40. The van der Waals surface area contributed by atoms with Gasteiger partial charge in [-0.25, -0.2) is 14.8 Å². The Morgan fingerprint density at radius 3 is 2.78 bits per heavy atom. The largest absolute Gasteiger partial charge is 0.491 e. The van der Waals surface area contributed by atoms with E-state index >= 15 is 0 Å². The van der Waals surface area contributed by atoms with Gasteiger partial charge >= 0.3 is 5.97 Å². The third-order valence-corrected chi connectivity index (χ3v) is 7.99. The molecular weight excluding hydrogens is 566 g/mol. The van der Waals surface area contributed by atoms with Crippen LogP contribution in [0.15, 0.2) is 40.6 Å². The Kier molecular flexibility index (Phi) is 6.81. The number of carboxylic acid groups (broad SMARTS) is 1. The van der Waals surface area contributed by atoms with Crippen molar-refractivity contribution in [1.82, 2.24) is 19.5 Å². The Bertz CT molecular complexity index is 1980. The Balaban J connectivity index is 1.34. The standard InChI is InChI=1S/C29H22ClN5O5S/c1-14-9-19(26-25(33-14)21(13-41-26)29(37)38)18-10-16(30)3-6-23(18)39-8-7-35-15(2)34-22-12-32-27(40-17-4-5-17)20(11-31)24(22)28(35)36/h3,6,9-10,12-13,17H,4-5,7-8H2,1-2H3,(H,37,38). The van der Waals surface area contributed by atoms with Gasteiger partial charge in [-0.15, -0.1) is 11.3 Å². The number of carboxylic acids is 1. The van der Waals surface area contributed by atoms with Crippen molar-refractivity contribution in [3.63, 3.8) is 0 Å². The van der Waals surface area contributed by atoms with Gasteiger partial charge in [0.1, 0.15) is 35.9 Å². The van der Waals surface area contributed by atoms with Crippen LogP contribution in [-0.2, 0) is 6.54 Å². The van der Waals surface area contributed by atoms with Gasteiger partial charge in [0.05, 0.1) is 39.4 Å². The molecular formula is C29H22ClN5O5S.